The lowest BCUT2D eigenvalue weighted by Crippen LogP contribution is -2.63. The number of hydrogen-bond donors (Lipinski definition) is 0. The van der Waals surface area contributed by atoms with Gasteiger partial charge in [-0.2, -0.15) is 0 Å². The second-order valence-corrected chi connectivity index (χ2v) is 10.1. The summed E-state index contributed by atoms with van der Waals surface area (Å²) >= 11 is 0. The molecule has 2 atom stereocenters. The number of methoxy groups -OCH3 is 1. The van der Waals surface area contributed by atoms with Crippen LogP contribution in [0.3, 0.4) is 0 Å². The Balaban J connectivity index is 1.60. The lowest BCUT2D eigenvalue weighted by atomic mass is 9.53. The van der Waals surface area contributed by atoms with Gasteiger partial charge in [-0.3, -0.25) is 4.79 Å². The average molecular weight is 442 g/mol. The number of ether oxygens (including phenoxy) is 4. The number of nitrogens with zero attached hydrogens (tertiary/aromatic N) is 1. The van der Waals surface area contributed by atoms with Gasteiger partial charge in [-0.05, 0) is 74.5 Å². The number of fused-ring (bicyclic) bond motifs is 3. The molecule has 32 heavy (non-hydrogen) atoms. The van der Waals surface area contributed by atoms with Crippen molar-refractivity contribution in [2.75, 3.05) is 40.5 Å². The monoisotopic (exact) mass is 441 g/mol. The van der Waals surface area contributed by atoms with E-state index in [4.69, 9.17) is 18.9 Å². The summed E-state index contributed by atoms with van der Waals surface area (Å²) in [6, 6.07) is 6.23. The van der Waals surface area contributed by atoms with Gasteiger partial charge in [-0.15, -0.1) is 0 Å². The van der Waals surface area contributed by atoms with Crippen LogP contribution in [0.4, 0.5) is 0 Å². The Morgan fingerprint density at radius 2 is 2.00 bits per heavy atom. The van der Waals surface area contributed by atoms with Crippen LogP contribution in [0.25, 0.3) is 6.08 Å². The summed E-state index contributed by atoms with van der Waals surface area (Å²) in [5.74, 6) is 0.772. The predicted molar refractivity (Wildman–Crippen MR) is 122 cm³/mol. The van der Waals surface area contributed by atoms with Crippen molar-refractivity contribution in [3.05, 3.63) is 35.4 Å². The minimum Gasteiger partial charge on any atom is -0.497 e. The molecular formula is C26H35NO5. The molecule has 6 heteroatoms. The van der Waals surface area contributed by atoms with E-state index >= 15 is 0 Å². The van der Waals surface area contributed by atoms with Gasteiger partial charge in [0.25, 0.3) is 0 Å². The second-order valence-electron chi connectivity index (χ2n) is 10.1. The molecule has 6 nitrogen and oxygen atoms in total. The first kappa shape index (κ1) is 21.9. The van der Waals surface area contributed by atoms with E-state index in [2.05, 4.69) is 36.2 Å². The highest BCUT2D eigenvalue weighted by Gasteiger charge is 2.63. The zero-order chi connectivity index (χ0) is 22.4. The Morgan fingerprint density at radius 1 is 1.22 bits per heavy atom. The molecule has 0 bridgehead atoms. The Hall–Kier alpha value is -1.89. The van der Waals surface area contributed by atoms with E-state index in [1.165, 1.54) is 25.3 Å². The molecule has 1 aliphatic heterocycles. The Bertz CT molecular complexity index is 903. The normalized spacial score (nSPS) is 30.2. The number of rotatable bonds is 7. The lowest BCUT2D eigenvalue weighted by molar-refractivity contribution is -0.231. The van der Waals surface area contributed by atoms with Crippen LogP contribution < -0.4 is 4.74 Å². The highest BCUT2D eigenvalue weighted by Crippen LogP contribution is 2.59. The molecule has 174 valence electrons. The predicted octanol–water partition coefficient (Wildman–Crippen LogP) is 3.92. The molecule has 1 aromatic rings. The minimum absolute atomic E-state index is 0.249. The first-order valence-electron chi connectivity index (χ1n) is 11.9. The number of carbonyl (C=O) groups excluding carboxylic acids is 1. The van der Waals surface area contributed by atoms with Crippen molar-refractivity contribution < 1.29 is 23.7 Å². The second kappa shape index (κ2) is 8.15. The number of benzene rings is 1. The molecule has 0 aromatic heterocycles. The molecule has 0 radical (unpaired) electrons. The number of esters is 1. The summed E-state index contributed by atoms with van der Waals surface area (Å²) in [6.45, 7) is 4.77. The maximum absolute atomic E-state index is 12.4. The van der Waals surface area contributed by atoms with E-state index in [1.54, 1.807) is 7.11 Å². The van der Waals surface area contributed by atoms with Crippen LogP contribution in [0.15, 0.2) is 24.3 Å². The van der Waals surface area contributed by atoms with Crippen LogP contribution in [-0.2, 0) is 24.4 Å². The van der Waals surface area contributed by atoms with Gasteiger partial charge in [-0.1, -0.05) is 12.1 Å². The van der Waals surface area contributed by atoms with Gasteiger partial charge >= 0.3 is 5.97 Å². The summed E-state index contributed by atoms with van der Waals surface area (Å²) in [5, 5.41) is 0. The van der Waals surface area contributed by atoms with Gasteiger partial charge in [0.15, 0.2) is 5.79 Å². The topological polar surface area (TPSA) is 57.2 Å². The molecule has 4 aliphatic rings. The van der Waals surface area contributed by atoms with E-state index in [-0.39, 0.29) is 5.97 Å². The van der Waals surface area contributed by atoms with Crippen LogP contribution in [0.1, 0.15) is 56.6 Å². The molecule has 0 N–H and O–H groups in total. The van der Waals surface area contributed by atoms with Crippen LogP contribution in [0.5, 0.6) is 5.75 Å². The van der Waals surface area contributed by atoms with Crippen LogP contribution in [0.2, 0.25) is 0 Å². The number of carbonyl (C=O) groups is 1. The van der Waals surface area contributed by atoms with E-state index in [1.807, 2.05) is 6.07 Å². The van der Waals surface area contributed by atoms with Gasteiger partial charge in [-0.25, -0.2) is 0 Å². The Labute approximate surface area is 190 Å². The van der Waals surface area contributed by atoms with Gasteiger partial charge in [0, 0.05) is 31.7 Å². The van der Waals surface area contributed by atoms with Gasteiger partial charge in [0.05, 0.1) is 20.3 Å². The third-order valence-electron chi connectivity index (χ3n) is 7.89. The third-order valence-corrected chi connectivity index (χ3v) is 7.89. The van der Waals surface area contributed by atoms with E-state index in [9.17, 15) is 4.79 Å². The number of hydrogen-bond acceptors (Lipinski definition) is 6. The smallest absolute Gasteiger partial charge is 0.303 e. The summed E-state index contributed by atoms with van der Waals surface area (Å²) in [7, 11) is 3.90. The van der Waals surface area contributed by atoms with Crippen molar-refractivity contribution in [2.24, 2.45) is 5.92 Å². The van der Waals surface area contributed by atoms with Crippen molar-refractivity contribution in [3.63, 3.8) is 0 Å². The first-order chi connectivity index (χ1) is 15.4. The summed E-state index contributed by atoms with van der Waals surface area (Å²) in [5.41, 5.74) is 1.13. The molecule has 1 aromatic carbocycles. The fourth-order valence-corrected chi connectivity index (χ4v) is 6.16. The highest BCUT2D eigenvalue weighted by atomic mass is 16.7. The van der Waals surface area contributed by atoms with Crippen molar-refractivity contribution in [2.45, 2.75) is 62.3 Å². The molecular weight excluding hydrogens is 406 g/mol. The largest absolute Gasteiger partial charge is 0.497 e. The lowest BCUT2D eigenvalue weighted by Gasteiger charge is -2.57. The summed E-state index contributed by atoms with van der Waals surface area (Å²) in [6.07, 6.45) is 9.80. The molecule has 2 unspecified atom stereocenters. The standard InChI is InChI=1S/C26H35NO5/c1-19(28)32-25-9-8-21-6-7-22(29-3)16-23(21)24(25,12-13-27(2)17-20-4-5-20)18-26(11-10-25)30-14-15-31-26/h6-9,16,20H,4-5,10-15,17-18H2,1-3H3. The van der Waals surface area contributed by atoms with E-state index in [0.717, 1.165) is 36.7 Å². The maximum atomic E-state index is 12.4. The van der Waals surface area contributed by atoms with Crippen molar-refractivity contribution in [1.82, 2.24) is 4.90 Å². The molecule has 2 saturated carbocycles. The van der Waals surface area contributed by atoms with Gasteiger partial charge in [0.2, 0.25) is 0 Å². The minimum atomic E-state index is -0.723. The average Bonchev–Trinajstić information content (AvgIpc) is 3.48. The Morgan fingerprint density at radius 3 is 2.69 bits per heavy atom. The Kier molecular flexibility index (Phi) is 5.59. The first-order valence-corrected chi connectivity index (χ1v) is 11.9. The van der Waals surface area contributed by atoms with Gasteiger partial charge < -0.3 is 23.8 Å². The fraction of sp³-hybridized carbons (Fsp3) is 0.654. The molecule has 5 rings (SSSR count). The van der Waals surface area contributed by atoms with E-state index < -0.39 is 16.8 Å². The fourth-order valence-electron chi connectivity index (χ4n) is 6.16. The maximum Gasteiger partial charge on any atom is 0.303 e. The molecule has 3 fully saturated rings. The highest BCUT2D eigenvalue weighted by molar-refractivity contribution is 5.70. The molecule has 1 saturated heterocycles. The quantitative estimate of drug-likeness (QED) is 0.598. The van der Waals surface area contributed by atoms with Crippen molar-refractivity contribution >= 4 is 12.0 Å². The zero-order valence-corrected chi connectivity index (χ0v) is 19.5. The van der Waals surface area contributed by atoms with Crippen LogP contribution >= 0.6 is 0 Å². The molecule has 0 amide bonds. The third kappa shape index (κ3) is 3.76. The summed E-state index contributed by atoms with van der Waals surface area (Å²) in [4.78, 5) is 14.8. The summed E-state index contributed by atoms with van der Waals surface area (Å²) < 4.78 is 24.3. The van der Waals surface area contributed by atoms with E-state index in [0.29, 0.717) is 32.5 Å². The van der Waals surface area contributed by atoms with Gasteiger partial charge in [0.1, 0.15) is 11.4 Å². The zero-order valence-electron chi connectivity index (χ0n) is 19.5. The van der Waals surface area contributed by atoms with Crippen molar-refractivity contribution in [1.29, 1.82) is 0 Å². The van der Waals surface area contributed by atoms with Crippen LogP contribution in [-0.4, -0.2) is 62.7 Å². The molecule has 3 aliphatic carbocycles. The van der Waals surface area contributed by atoms with Crippen molar-refractivity contribution in [3.8, 4) is 5.75 Å². The molecule has 1 spiro atoms. The SMILES string of the molecule is COc1ccc2c(c1)C1(CCN(C)CC3CC3)CC3(CCC1(OC(C)=O)C=C2)OCCO3. The molecule has 1 heterocycles. The van der Waals surface area contributed by atoms with Crippen LogP contribution in [0, 0.1) is 5.92 Å².